The van der Waals surface area contributed by atoms with Gasteiger partial charge in [-0.05, 0) is 48.5 Å². The molecule has 0 aliphatic carbocycles. The second-order valence-corrected chi connectivity index (χ2v) is 12.2. The summed E-state index contributed by atoms with van der Waals surface area (Å²) in [6.45, 7) is 1.17. The fraction of sp³-hybridized carbons (Fsp3) is 0.222. The van der Waals surface area contributed by atoms with Gasteiger partial charge in [-0.25, -0.2) is 19.2 Å². The van der Waals surface area contributed by atoms with E-state index < -0.39 is 71.1 Å². The molecule has 4 aromatic rings. The average Bonchev–Trinajstić information content (AvgIpc) is 3.13. The predicted molar refractivity (Wildman–Crippen MR) is 171 cm³/mol. The Morgan fingerprint density at radius 3 is 1.32 bits per heavy atom. The summed E-state index contributed by atoms with van der Waals surface area (Å²) in [5, 5.41) is 0. The van der Waals surface area contributed by atoms with Crippen molar-refractivity contribution >= 4 is 34.7 Å². The van der Waals surface area contributed by atoms with Gasteiger partial charge in [0.1, 0.15) is 12.7 Å². The van der Waals surface area contributed by atoms with E-state index in [1.54, 1.807) is 91.9 Å². The SMILES string of the molecule is CCS(=O)[C@@H]1O[C@H](COC(=O)c2ccccc2)[C@H](OC(=O)c2ccccc2)[C@H](OC(=O)c2ccccc2)[C@H]1OC(=O)c1ccccc1. The molecule has 1 aliphatic rings. The van der Waals surface area contributed by atoms with Crippen molar-refractivity contribution in [2.24, 2.45) is 0 Å². The van der Waals surface area contributed by atoms with Crippen LogP contribution in [0.15, 0.2) is 121 Å². The lowest BCUT2D eigenvalue weighted by molar-refractivity contribution is -0.208. The summed E-state index contributed by atoms with van der Waals surface area (Å²) in [6.07, 6.45) is -5.78. The lowest BCUT2D eigenvalue weighted by Gasteiger charge is -2.44. The van der Waals surface area contributed by atoms with Gasteiger partial charge in [-0.15, -0.1) is 0 Å². The summed E-state index contributed by atoms with van der Waals surface area (Å²) in [5.74, 6) is -3.04. The zero-order chi connectivity index (χ0) is 33.2. The molecule has 1 aliphatic heterocycles. The molecule has 1 unspecified atom stereocenters. The van der Waals surface area contributed by atoms with Gasteiger partial charge in [0.05, 0.1) is 33.1 Å². The fourth-order valence-corrected chi connectivity index (χ4v) is 6.01. The molecule has 1 heterocycles. The van der Waals surface area contributed by atoms with Crippen molar-refractivity contribution in [1.29, 1.82) is 0 Å². The van der Waals surface area contributed by atoms with E-state index in [1.807, 2.05) is 0 Å². The first-order valence-corrected chi connectivity index (χ1v) is 16.3. The highest BCUT2D eigenvalue weighted by molar-refractivity contribution is 7.85. The summed E-state index contributed by atoms with van der Waals surface area (Å²) in [7, 11) is -1.80. The normalized spacial score (nSPS) is 21.1. The molecule has 1 fully saturated rings. The summed E-state index contributed by atoms with van der Waals surface area (Å²) in [4.78, 5) is 53.3. The molecule has 47 heavy (non-hydrogen) atoms. The molecule has 0 saturated carbocycles. The van der Waals surface area contributed by atoms with Gasteiger partial charge in [-0.1, -0.05) is 79.7 Å². The highest BCUT2D eigenvalue weighted by atomic mass is 32.2. The third-order valence-corrected chi connectivity index (χ3v) is 8.75. The summed E-state index contributed by atoms with van der Waals surface area (Å²) in [6, 6.07) is 32.4. The standard InChI is InChI=1S/C36H32O10S/c1-2-47(41)36-31(46-35(40)27-21-13-6-14-22-27)30(45-34(39)26-19-11-5-12-20-26)29(44-33(38)25-17-9-4-10-18-25)28(43-36)23-42-32(37)24-15-7-3-8-16-24/h3-22,28-31,36H,2,23H2,1H3/t28-,29+,30+,31-,36+,47?/m1/s1. The predicted octanol–water partition coefficient (Wildman–Crippen LogP) is 5.01. The van der Waals surface area contributed by atoms with Crippen molar-refractivity contribution in [2.75, 3.05) is 12.4 Å². The van der Waals surface area contributed by atoms with Crippen LogP contribution in [0, 0.1) is 0 Å². The van der Waals surface area contributed by atoms with Gasteiger partial charge >= 0.3 is 23.9 Å². The van der Waals surface area contributed by atoms with Gasteiger partial charge in [-0.3, -0.25) is 4.21 Å². The van der Waals surface area contributed by atoms with E-state index in [9.17, 15) is 23.4 Å². The van der Waals surface area contributed by atoms with Crippen LogP contribution in [-0.2, 0) is 34.5 Å². The summed E-state index contributed by atoms with van der Waals surface area (Å²) < 4.78 is 43.1. The molecular formula is C36H32O10S. The summed E-state index contributed by atoms with van der Waals surface area (Å²) in [5.41, 5.74) is -0.568. The minimum Gasteiger partial charge on any atom is -0.459 e. The molecule has 4 aromatic carbocycles. The maximum atomic E-state index is 13.5. The second-order valence-electron chi connectivity index (χ2n) is 10.4. The number of benzene rings is 4. The Labute approximate surface area is 274 Å². The molecule has 242 valence electrons. The highest BCUT2D eigenvalue weighted by Crippen LogP contribution is 2.32. The molecule has 10 nitrogen and oxygen atoms in total. The van der Waals surface area contributed by atoms with Crippen LogP contribution in [0.5, 0.6) is 0 Å². The van der Waals surface area contributed by atoms with E-state index in [0.717, 1.165) is 0 Å². The van der Waals surface area contributed by atoms with Crippen molar-refractivity contribution in [2.45, 2.75) is 36.8 Å². The number of hydrogen-bond acceptors (Lipinski definition) is 10. The zero-order valence-electron chi connectivity index (χ0n) is 25.3. The Balaban J connectivity index is 1.55. The van der Waals surface area contributed by atoms with Gasteiger partial charge in [0.25, 0.3) is 0 Å². The minimum atomic E-state index is -1.80. The molecule has 0 N–H and O–H groups in total. The van der Waals surface area contributed by atoms with E-state index in [2.05, 4.69) is 0 Å². The van der Waals surface area contributed by atoms with Crippen LogP contribution in [0.1, 0.15) is 48.4 Å². The average molecular weight is 657 g/mol. The van der Waals surface area contributed by atoms with Crippen molar-refractivity contribution in [3.8, 4) is 0 Å². The molecule has 11 heteroatoms. The summed E-state index contributed by atoms with van der Waals surface area (Å²) >= 11 is 0. The van der Waals surface area contributed by atoms with Crippen LogP contribution in [-0.4, -0.2) is 70.3 Å². The Kier molecular flexibility index (Phi) is 11.3. The molecule has 0 aromatic heterocycles. The first kappa shape index (κ1) is 33.2. The maximum Gasteiger partial charge on any atom is 0.338 e. The third kappa shape index (κ3) is 8.37. The highest BCUT2D eigenvalue weighted by Gasteiger charge is 2.54. The Morgan fingerprint density at radius 1 is 0.553 bits per heavy atom. The lowest BCUT2D eigenvalue weighted by Crippen LogP contribution is -2.63. The Morgan fingerprint density at radius 2 is 0.915 bits per heavy atom. The van der Waals surface area contributed by atoms with Crippen molar-refractivity contribution in [1.82, 2.24) is 0 Å². The van der Waals surface area contributed by atoms with E-state index in [1.165, 1.54) is 36.4 Å². The van der Waals surface area contributed by atoms with Crippen molar-refractivity contribution in [3.63, 3.8) is 0 Å². The monoisotopic (exact) mass is 656 g/mol. The van der Waals surface area contributed by atoms with E-state index in [4.69, 9.17) is 23.7 Å². The van der Waals surface area contributed by atoms with Crippen LogP contribution < -0.4 is 0 Å². The van der Waals surface area contributed by atoms with Gasteiger partial charge in [0.15, 0.2) is 23.7 Å². The zero-order valence-corrected chi connectivity index (χ0v) is 26.2. The number of carbonyl (C=O) groups excluding carboxylic acids is 4. The van der Waals surface area contributed by atoms with Crippen LogP contribution in [0.2, 0.25) is 0 Å². The third-order valence-electron chi connectivity index (χ3n) is 7.28. The number of rotatable bonds is 11. The smallest absolute Gasteiger partial charge is 0.338 e. The molecular weight excluding hydrogens is 624 g/mol. The van der Waals surface area contributed by atoms with Crippen molar-refractivity contribution < 1.29 is 47.1 Å². The number of ether oxygens (including phenoxy) is 5. The van der Waals surface area contributed by atoms with Gasteiger partial charge < -0.3 is 23.7 Å². The molecule has 6 atom stereocenters. The topological polar surface area (TPSA) is 132 Å². The molecule has 1 saturated heterocycles. The van der Waals surface area contributed by atoms with Gasteiger partial charge in [0.2, 0.25) is 0 Å². The second kappa shape index (κ2) is 15.9. The molecule has 5 rings (SSSR count). The van der Waals surface area contributed by atoms with E-state index >= 15 is 0 Å². The maximum absolute atomic E-state index is 13.5. The lowest BCUT2D eigenvalue weighted by atomic mass is 9.98. The van der Waals surface area contributed by atoms with Gasteiger partial charge in [-0.2, -0.15) is 0 Å². The van der Waals surface area contributed by atoms with Crippen LogP contribution in [0.4, 0.5) is 0 Å². The Hall–Kier alpha value is -5.13. The number of esters is 4. The first-order valence-electron chi connectivity index (χ1n) is 14.9. The molecule has 0 spiro atoms. The largest absolute Gasteiger partial charge is 0.459 e. The minimum absolute atomic E-state index is 0.0778. The van der Waals surface area contributed by atoms with E-state index in [-0.39, 0.29) is 28.0 Å². The molecule has 0 bridgehead atoms. The Bertz CT molecular complexity index is 1680. The first-order chi connectivity index (χ1) is 22.9. The fourth-order valence-electron chi connectivity index (χ4n) is 4.90. The molecule has 0 amide bonds. The van der Waals surface area contributed by atoms with Crippen LogP contribution in [0.25, 0.3) is 0 Å². The molecule has 0 radical (unpaired) electrons. The van der Waals surface area contributed by atoms with Crippen LogP contribution >= 0.6 is 0 Å². The van der Waals surface area contributed by atoms with E-state index in [0.29, 0.717) is 0 Å². The number of hydrogen-bond donors (Lipinski definition) is 0. The van der Waals surface area contributed by atoms with Crippen molar-refractivity contribution in [3.05, 3.63) is 144 Å². The number of carbonyl (C=O) groups is 4. The van der Waals surface area contributed by atoms with Gasteiger partial charge in [0, 0.05) is 5.75 Å². The quantitative estimate of drug-likeness (QED) is 0.160. The van der Waals surface area contributed by atoms with Crippen LogP contribution in [0.3, 0.4) is 0 Å².